The lowest BCUT2D eigenvalue weighted by Crippen LogP contribution is -2.19. The van der Waals surface area contributed by atoms with E-state index in [1.165, 1.54) is 17.1 Å². The van der Waals surface area contributed by atoms with Gasteiger partial charge in [0.1, 0.15) is 9.88 Å². The number of thiazole rings is 1. The fraction of sp³-hybridized carbons (Fsp3) is 0.615. The van der Waals surface area contributed by atoms with E-state index in [9.17, 15) is 0 Å². The summed E-state index contributed by atoms with van der Waals surface area (Å²) in [7, 11) is 0. The van der Waals surface area contributed by atoms with Crippen LogP contribution in [-0.4, -0.2) is 31.9 Å². The maximum absolute atomic E-state index is 5.64. The Labute approximate surface area is 136 Å². The molecule has 2 aromatic rings. The number of aromatic nitrogens is 3. The average molecular weight is 343 g/mol. The molecule has 1 aliphatic rings. The third-order valence-corrected chi connectivity index (χ3v) is 7.77. The van der Waals surface area contributed by atoms with Gasteiger partial charge in [-0.1, -0.05) is 12.1 Å². The zero-order valence-electron chi connectivity index (χ0n) is 12.0. The van der Waals surface area contributed by atoms with Crippen LogP contribution >= 0.6 is 34.9 Å². The van der Waals surface area contributed by atoms with E-state index in [1.54, 1.807) is 0 Å². The SMILES string of the molecule is CCC1SCCSC1c1noc(-c2sc(CN)nc2C)n1. The molecule has 2 atom stereocenters. The summed E-state index contributed by atoms with van der Waals surface area (Å²) in [5, 5.41) is 6.01. The van der Waals surface area contributed by atoms with Crippen LogP contribution in [0, 0.1) is 6.92 Å². The van der Waals surface area contributed by atoms with Crippen molar-refractivity contribution in [3.63, 3.8) is 0 Å². The number of rotatable bonds is 4. The molecule has 0 amide bonds. The first-order valence-corrected chi connectivity index (χ1v) is 9.87. The maximum Gasteiger partial charge on any atom is 0.269 e. The molecule has 0 bridgehead atoms. The molecule has 1 fully saturated rings. The minimum Gasteiger partial charge on any atom is -0.333 e. The van der Waals surface area contributed by atoms with Crippen LogP contribution in [0.2, 0.25) is 0 Å². The van der Waals surface area contributed by atoms with Gasteiger partial charge in [0.2, 0.25) is 0 Å². The molecule has 0 aromatic carbocycles. The Morgan fingerprint density at radius 2 is 2.10 bits per heavy atom. The van der Waals surface area contributed by atoms with Crippen LogP contribution in [-0.2, 0) is 6.54 Å². The second-order valence-corrected chi connectivity index (χ2v) is 8.47. The molecule has 2 N–H and O–H groups in total. The van der Waals surface area contributed by atoms with Crippen molar-refractivity contribution in [3.05, 3.63) is 16.5 Å². The highest BCUT2D eigenvalue weighted by Crippen LogP contribution is 2.43. The van der Waals surface area contributed by atoms with E-state index in [0.717, 1.165) is 33.6 Å². The van der Waals surface area contributed by atoms with Crippen LogP contribution in [0.3, 0.4) is 0 Å². The monoisotopic (exact) mass is 342 g/mol. The number of thioether (sulfide) groups is 2. The van der Waals surface area contributed by atoms with E-state index < -0.39 is 0 Å². The van der Waals surface area contributed by atoms with E-state index in [-0.39, 0.29) is 0 Å². The largest absolute Gasteiger partial charge is 0.333 e. The molecule has 114 valence electrons. The highest BCUT2D eigenvalue weighted by molar-refractivity contribution is 8.06. The van der Waals surface area contributed by atoms with Crippen molar-refractivity contribution < 1.29 is 4.52 Å². The second-order valence-electron chi connectivity index (χ2n) is 4.79. The average Bonchev–Trinajstić information content (AvgIpc) is 3.13. The van der Waals surface area contributed by atoms with Crippen LogP contribution in [0.25, 0.3) is 10.8 Å². The fourth-order valence-corrected chi connectivity index (χ4v) is 6.17. The van der Waals surface area contributed by atoms with Crippen molar-refractivity contribution in [3.8, 4) is 10.8 Å². The van der Waals surface area contributed by atoms with Gasteiger partial charge < -0.3 is 10.3 Å². The molecule has 0 aliphatic carbocycles. The van der Waals surface area contributed by atoms with Gasteiger partial charge in [-0.3, -0.25) is 0 Å². The Hall–Kier alpha value is -0.570. The summed E-state index contributed by atoms with van der Waals surface area (Å²) >= 11 is 5.48. The van der Waals surface area contributed by atoms with E-state index in [4.69, 9.17) is 10.3 Å². The van der Waals surface area contributed by atoms with Gasteiger partial charge >= 0.3 is 0 Å². The molecule has 5 nitrogen and oxygen atoms in total. The molecule has 1 saturated heterocycles. The fourth-order valence-electron chi connectivity index (χ4n) is 2.32. The van der Waals surface area contributed by atoms with Gasteiger partial charge in [0.05, 0.1) is 10.9 Å². The first kappa shape index (κ1) is 15.3. The number of nitrogens with zero attached hydrogens (tertiary/aromatic N) is 3. The van der Waals surface area contributed by atoms with Gasteiger partial charge in [0, 0.05) is 23.3 Å². The van der Waals surface area contributed by atoms with E-state index in [2.05, 4.69) is 22.0 Å². The Bertz CT molecular complexity index is 612. The predicted molar refractivity (Wildman–Crippen MR) is 89.8 cm³/mol. The lowest BCUT2D eigenvalue weighted by molar-refractivity contribution is 0.422. The molecular weight excluding hydrogens is 324 g/mol. The Morgan fingerprint density at radius 1 is 1.29 bits per heavy atom. The molecule has 2 aromatic heterocycles. The molecular formula is C13H18N4OS3. The molecule has 3 heterocycles. The Morgan fingerprint density at radius 3 is 2.81 bits per heavy atom. The Kier molecular flexibility index (Phi) is 4.88. The van der Waals surface area contributed by atoms with E-state index in [1.807, 2.05) is 30.4 Å². The molecule has 21 heavy (non-hydrogen) atoms. The molecule has 3 rings (SSSR count). The topological polar surface area (TPSA) is 77.8 Å². The first-order valence-electron chi connectivity index (χ1n) is 6.96. The molecule has 8 heteroatoms. The highest BCUT2D eigenvalue weighted by Gasteiger charge is 2.31. The van der Waals surface area contributed by atoms with Crippen LogP contribution in [0.5, 0.6) is 0 Å². The summed E-state index contributed by atoms with van der Waals surface area (Å²) in [4.78, 5) is 9.98. The van der Waals surface area contributed by atoms with Crippen molar-refractivity contribution in [2.24, 2.45) is 5.73 Å². The normalized spacial score (nSPS) is 22.6. The summed E-state index contributed by atoms with van der Waals surface area (Å²) in [5.74, 6) is 3.74. The van der Waals surface area contributed by atoms with Crippen molar-refractivity contribution in [1.82, 2.24) is 15.1 Å². The van der Waals surface area contributed by atoms with Gasteiger partial charge in [-0.05, 0) is 13.3 Å². The third-order valence-electron chi connectivity index (χ3n) is 3.36. The van der Waals surface area contributed by atoms with Crippen LogP contribution < -0.4 is 5.73 Å². The molecule has 1 aliphatic heterocycles. The third kappa shape index (κ3) is 3.13. The summed E-state index contributed by atoms with van der Waals surface area (Å²) < 4.78 is 5.48. The number of aryl methyl sites for hydroxylation is 1. The minimum absolute atomic E-state index is 0.327. The van der Waals surface area contributed by atoms with Crippen LogP contribution in [0.15, 0.2) is 4.52 Å². The summed E-state index contributed by atoms with van der Waals surface area (Å²) in [6.45, 7) is 4.62. The van der Waals surface area contributed by atoms with Crippen molar-refractivity contribution in [1.29, 1.82) is 0 Å². The van der Waals surface area contributed by atoms with E-state index in [0.29, 0.717) is 22.9 Å². The maximum atomic E-state index is 5.64. The lowest BCUT2D eigenvalue weighted by atomic mass is 10.2. The Balaban J connectivity index is 1.86. The van der Waals surface area contributed by atoms with Crippen molar-refractivity contribution in [2.45, 2.75) is 37.3 Å². The van der Waals surface area contributed by atoms with Crippen molar-refractivity contribution in [2.75, 3.05) is 11.5 Å². The molecule has 0 radical (unpaired) electrons. The smallest absolute Gasteiger partial charge is 0.269 e. The summed E-state index contributed by atoms with van der Waals surface area (Å²) in [5.41, 5.74) is 6.55. The van der Waals surface area contributed by atoms with Gasteiger partial charge in [-0.25, -0.2) is 4.98 Å². The van der Waals surface area contributed by atoms with Gasteiger partial charge in [0.15, 0.2) is 5.82 Å². The van der Waals surface area contributed by atoms with Crippen molar-refractivity contribution >= 4 is 34.9 Å². The molecule has 0 spiro atoms. The highest BCUT2D eigenvalue weighted by atomic mass is 32.2. The quantitative estimate of drug-likeness (QED) is 0.913. The summed E-state index contributed by atoms with van der Waals surface area (Å²) in [6.07, 6.45) is 1.13. The van der Waals surface area contributed by atoms with Crippen LogP contribution in [0.4, 0.5) is 0 Å². The van der Waals surface area contributed by atoms with Gasteiger partial charge in [0.25, 0.3) is 5.89 Å². The predicted octanol–water partition coefficient (Wildman–Crippen LogP) is 3.26. The van der Waals surface area contributed by atoms with Gasteiger partial charge in [-0.2, -0.15) is 16.7 Å². The first-order chi connectivity index (χ1) is 10.2. The minimum atomic E-state index is 0.327. The molecule has 0 saturated carbocycles. The second kappa shape index (κ2) is 6.68. The van der Waals surface area contributed by atoms with Gasteiger partial charge in [-0.15, -0.1) is 23.1 Å². The summed E-state index contributed by atoms with van der Waals surface area (Å²) in [6, 6.07) is 0. The zero-order chi connectivity index (χ0) is 14.8. The lowest BCUT2D eigenvalue weighted by Gasteiger charge is -2.27. The number of hydrogen-bond donors (Lipinski definition) is 1. The zero-order valence-corrected chi connectivity index (χ0v) is 14.5. The number of hydrogen-bond acceptors (Lipinski definition) is 8. The van der Waals surface area contributed by atoms with Crippen LogP contribution in [0.1, 0.15) is 35.1 Å². The van der Waals surface area contributed by atoms with E-state index >= 15 is 0 Å². The number of nitrogens with two attached hydrogens (primary N) is 1. The standard InChI is InChI=1S/C13H18N4OS3/c1-3-8-11(20-5-4-19-8)12-16-13(18-17-12)10-7(2)15-9(6-14)21-10/h8,11H,3-6,14H2,1-2H3. The molecule has 2 unspecified atom stereocenters.